The number of carboxylic acids is 1. The van der Waals surface area contributed by atoms with Crippen LogP contribution < -0.4 is 14.8 Å². The first-order chi connectivity index (χ1) is 14.0. The number of carbonyl (C=O) groups is 1. The summed E-state index contributed by atoms with van der Waals surface area (Å²) in [7, 11) is 1.57. The van der Waals surface area contributed by atoms with Crippen molar-refractivity contribution in [2.45, 2.75) is 13.2 Å². The van der Waals surface area contributed by atoms with Crippen LogP contribution in [0.4, 0.5) is 5.69 Å². The summed E-state index contributed by atoms with van der Waals surface area (Å²) in [6.45, 7) is 0.759. The second-order valence-corrected chi connectivity index (χ2v) is 7.03. The Labute approximate surface area is 178 Å². The average Bonchev–Trinajstić information content (AvgIpc) is 2.72. The molecule has 0 aliphatic rings. The molecule has 0 aliphatic heterocycles. The van der Waals surface area contributed by atoms with E-state index in [2.05, 4.69) is 5.32 Å². The summed E-state index contributed by atoms with van der Waals surface area (Å²) in [5, 5.41) is 13.4. The molecule has 29 heavy (non-hydrogen) atoms. The number of hydrogen-bond acceptors (Lipinski definition) is 4. The summed E-state index contributed by atoms with van der Waals surface area (Å²) in [6, 6.07) is 17.6. The van der Waals surface area contributed by atoms with Crippen LogP contribution in [0.5, 0.6) is 11.5 Å². The van der Waals surface area contributed by atoms with E-state index >= 15 is 0 Å². The molecule has 0 unspecified atom stereocenters. The zero-order chi connectivity index (χ0) is 20.8. The Kier molecular flexibility index (Phi) is 6.86. The molecule has 7 heteroatoms. The average molecular weight is 432 g/mol. The fraction of sp³-hybridized carbons (Fsp3) is 0.136. The van der Waals surface area contributed by atoms with Crippen molar-refractivity contribution >= 4 is 34.9 Å². The van der Waals surface area contributed by atoms with Crippen LogP contribution >= 0.6 is 23.2 Å². The molecule has 150 valence electrons. The van der Waals surface area contributed by atoms with Gasteiger partial charge in [0.05, 0.1) is 23.4 Å². The zero-order valence-corrected chi connectivity index (χ0v) is 17.1. The maximum atomic E-state index is 11.1. The van der Waals surface area contributed by atoms with E-state index in [4.69, 9.17) is 37.8 Å². The fourth-order valence-electron chi connectivity index (χ4n) is 2.70. The molecule has 0 aliphatic carbocycles. The summed E-state index contributed by atoms with van der Waals surface area (Å²) >= 11 is 12.3. The van der Waals surface area contributed by atoms with Gasteiger partial charge in [0.2, 0.25) is 0 Å². The highest BCUT2D eigenvalue weighted by Gasteiger charge is 2.10. The van der Waals surface area contributed by atoms with Gasteiger partial charge in [-0.2, -0.15) is 0 Å². The quantitative estimate of drug-likeness (QED) is 0.465. The van der Waals surface area contributed by atoms with Gasteiger partial charge in [0, 0.05) is 17.1 Å². The van der Waals surface area contributed by atoms with Gasteiger partial charge in [0.25, 0.3) is 0 Å². The summed E-state index contributed by atoms with van der Waals surface area (Å²) in [5.41, 5.74) is 2.51. The Morgan fingerprint density at radius 1 is 1.00 bits per heavy atom. The van der Waals surface area contributed by atoms with Crippen LogP contribution in [-0.2, 0) is 13.2 Å². The molecule has 0 saturated carbocycles. The van der Waals surface area contributed by atoms with Crippen LogP contribution in [0.15, 0.2) is 60.7 Å². The van der Waals surface area contributed by atoms with Gasteiger partial charge in [0.1, 0.15) is 6.61 Å². The summed E-state index contributed by atoms with van der Waals surface area (Å²) in [4.78, 5) is 11.1. The van der Waals surface area contributed by atoms with Gasteiger partial charge in [-0.25, -0.2) is 4.79 Å². The van der Waals surface area contributed by atoms with E-state index in [1.165, 1.54) is 12.1 Å². The highest BCUT2D eigenvalue weighted by atomic mass is 35.5. The summed E-state index contributed by atoms with van der Waals surface area (Å²) in [5.74, 6) is 0.176. The molecule has 0 atom stereocenters. The summed E-state index contributed by atoms with van der Waals surface area (Å²) in [6.07, 6.45) is 0. The van der Waals surface area contributed by atoms with E-state index in [0.29, 0.717) is 40.4 Å². The Bertz CT molecular complexity index is 1020. The predicted molar refractivity (Wildman–Crippen MR) is 115 cm³/mol. The van der Waals surface area contributed by atoms with Gasteiger partial charge in [-0.3, -0.25) is 0 Å². The highest BCUT2D eigenvalue weighted by Crippen LogP contribution is 2.30. The first-order valence-corrected chi connectivity index (χ1v) is 9.53. The first kappa shape index (κ1) is 20.8. The maximum absolute atomic E-state index is 11.1. The number of ether oxygens (including phenoxy) is 2. The zero-order valence-electron chi connectivity index (χ0n) is 15.6. The van der Waals surface area contributed by atoms with Crippen LogP contribution in [0.2, 0.25) is 10.0 Å². The monoisotopic (exact) mass is 431 g/mol. The molecule has 0 aromatic heterocycles. The molecule has 5 nitrogen and oxygen atoms in total. The van der Waals surface area contributed by atoms with Crippen molar-refractivity contribution in [2.24, 2.45) is 0 Å². The minimum absolute atomic E-state index is 0.165. The van der Waals surface area contributed by atoms with E-state index in [1.54, 1.807) is 13.2 Å². The molecule has 0 radical (unpaired) electrons. The number of carboxylic acid groups (broad SMARTS) is 1. The third-order valence-corrected chi connectivity index (χ3v) is 4.96. The summed E-state index contributed by atoms with van der Waals surface area (Å²) < 4.78 is 11.3. The Hall–Kier alpha value is -2.89. The van der Waals surface area contributed by atoms with Gasteiger partial charge in [0.15, 0.2) is 11.5 Å². The number of methoxy groups -OCH3 is 1. The molecule has 0 amide bonds. The number of aromatic carboxylic acids is 1. The number of rotatable bonds is 8. The topological polar surface area (TPSA) is 67.8 Å². The van der Waals surface area contributed by atoms with Crippen LogP contribution in [0.3, 0.4) is 0 Å². The lowest BCUT2D eigenvalue weighted by atomic mass is 10.1. The van der Waals surface area contributed by atoms with Gasteiger partial charge < -0.3 is 19.9 Å². The van der Waals surface area contributed by atoms with Crippen molar-refractivity contribution in [3.63, 3.8) is 0 Å². The Morgan fingerprint density at radius 3 is 2.52 bits per heavy atom. The van der Waals surface area contributed by atoms with Crippen molar-refractivity contribution in [1.29, 1.82) is 0 Å². The number of hydrogen-bond donors (Lipinski definition) is 2. The second kappa shape index (κ2) is 9.54. The van der Waals surface area contributed by atoms with Crippen molar-refractivity contribution < 1.29 is 19.4 Å². The molecule has 0 saturated heterocycles. The highest BCUT2D eigenvalue weighted by molar-refractivity contribution is 6.33. The van der Waals surface area contributed by atoms with Gasteiger partial charge in [-0.05, 0) is 42.0 Å². The van der Waals surface area contributed by atoms with E-state index in [9.17, 15) is 4.79 Å². The van der Waals surface area contributed by atoms with E-state index in [0.717, 1.165) is 11.1 Å². The molecule has 0 heterocycles. The minimum Gasteiger partial charge on any atom is -0.493 e. The molecular weight excluding hydrogens is 413 g/mol. The normalized spacial score (nSPS) is 10.4. The lowest BCUT2D eigenvalue weighted by Gasteiger charge is -2.14. The van der Waals surface area contributed by atoms with Gasteiger partial charge >= 0.3 is 5.97 Å². The lowest BCUT2D eigenvalue weighted by Crippen LogP contribution is -2.04. The second-order valence-electron chi connectivity index (χ2n) is 6.22. The van der Waals surface area contributed by atoms with Crippen molar-refractivity contribution in [1.82, 2.24) is 0 Å². The molecular formula is C22H19Cl2NO4. The van der Waals surface area contributed by atoms with E-state index in [1.807, 2.05) is 42.5 Å². The van der Waals surface area contributed by atoms with Crippen LogP contribution in [0.1, 0.15) is 21.5 Å². The standard InChI is InChI=1S/C22H19Cl2NO4/c1-28-21-10-14(12-25-19-11-15(22(26)27)7-8-18(19)24)6-9-20(21)29-13-16-4-2-3-5-17(16)23/h2-11,25H,12-13H2,1H3,(H,26,27). The third-order valence-electron chi connectivity index (χ3n) is 4.27. The molecule has 3 aromatic carbocycles. The van der Waals surface area contributed by atoms with E-state index in [-0.39, 0.29) is 5.56 Å². The molecule has 3 rings (SSSR count). The molecule has 3 aromatic rings. The minimum atomic E-state index is -1.01. The molecule has 0 bridgehead atoms. The van der Waals surface area contributed by atoms with Gasteiger partial charge in [-0.1, -0.05) is 47.5 Å². The van der Waals surface area contributed by atoms with Crippen molar-refractivity contribution in [3.05, 3.63) is 87.4 Å². The number of halogens is 2. The maximum Gasteiger partial charge on any atom is 0.335 e. The Morgan fingerprint density at radius 2 is 1.79 bits per heavy atom. The predicted octanol–water partition coefficient (Wildman–Crippen LogP) is 5.89. The molecule has 0 fully saturated rings. The van der Waals surface area contributed by atoms with Crippen molar-refractivity contribution in [3.8, 4) is 11.5 Å². The largest absolute Gasteiger partial charge is 0.493 e. The first-order valence-electron chi connectivity index (χ1n) is 8.77. The number of anilines is 1. The van der Waals surface area contributed by atoms with Crippen LogP contribution in [-0.4, -0.2) is 18.2 Å². The van der Waals surface area contributed by atoms with E-state index < -0.39 is 5.97 Å². The lowest BCUT2D eigenvalue weighted by molar-refractivity contribution is 0.0697. The SMILES string of the molecule is COc1cc(CNc2cc(C(=O)O)ccc2Cl)ccc1OCc1ccccc1Cl. The Balaban J connectivity index is 1.70. The van der Waals surface area contributed by atoms with Crippen LogP contribution in [0, 0.1) is 0 Å². The smallest absolute Gasteiger partial charge is 0.335 e. The van der Waals surface area contributed by atoms with Crippen LogP contribution in [0.25, 0.3) is 0 Å². The third kappa shape index (κ3) is 5.34. The van der Waals surface area contributed by atoms with Gasteiger partial charge in [-0.15, -0.1) is 0 Å². The number of nitrogens with one attached hydrogen (secondary N) is 1. The molecule has 2 N–H and O–H groups in total. The number of benzene rings is 3. The fourth-order valence-corrected chi connectivity index (χ4v) is 3.08. The molecule has 0 spiro atoms. The van der Waals surface area contributed by atoms with Crippen molar-refractivity contribution in [2.75, 3.05) is 12.4 Å².